The van der Waals surface area contributed by atoms with Crippen LogP contribution in [0.25, 0.3) is 0 Å². The van der Waals surface area contributed by atoms with Crippen molar-refractivity contribution in [1.29, 1.82) is 0 Å². The third-order valence-corrected chi connectivity index (χ3v) is 6.73. The first-order valence-electron chi connectivity index (χ1n) is 11.6. The molecule has 1 aliphatic heterocycles. The standard InChI is InChI=1S/C27H27BrClN3O3/c1-2-34-25-15-21(23(28)16-26(25)35-18-20-7-3-4-8-24(20)29)17-30-31-27(33)19-9-11-22(12-10-19)32-13-5-6-14-32/h3-4,7-12,15-17H,2,5-6,13-14,18H2,1H3,(H,31,33)/b30-17-. The predicted molar refractivity (Wildman–Crippen MR) is 144 cm³/mol. The van der Waals surface area contributed by atoms with Gasteiger partial charge in [0.05, 0.1) is 12.8 Å². The van der Waals surface area contributed by atoms with Crippen LogP contribution in [0, 0.1) is 0 Å². The first-order valence-corrected chi connectivity index (χ1v) is 12.7. The third-order valence-electron chi connectivity index (χ3n) is 5.67. The number of hydrogen-bond acceptors (Lipinski definition) is 5. The molecule has 0 bridgehead atoms. The fourth-order valence-corrected chi connectivity index (χ4v) is 4.44. The summed E-state index contributed by atoms with van der Waals surface area (Å²) in [7, 11) is 0. The lowest BCUT2D eigenvalue weighted by Crippen LogP contribution is -2.19. The van der Waals surface area contributed by atoms with E-state index in [9.17, 15) is 4.79 Å². The average Bonchev–Trinajstić information content (AvgIpc) is 3.41. The van der Waals surface area contributed by atoms with E-state index >= 15 is 0 Å². The van der Waals surface area contributed by atoms with E-state index in [1.165, 1.54) is 12.8 Å². The van der Waals surface area contributed by atoms with Gasteiger partial charge >= 0.3 is 0 Å². The average molecular weight is 557 g/mol. The number of carbonyl (C=O) groups is 1. The largest absolute Gasteiger partial charge is 0.490 e. The molecule has 8 heteroatoms. The zero-order chi connectivity index (χ0) is 24.6. The van der Waals surface area contributed by atoms with E-state index in [1.807, 2.05) is 67.6 Å². The summed E-state index contributed by atoms with van der Waals surface area (Å²) in [5.74, 6) is 0.890. The van der Waals surface area contributed by atoms with Crippen LogP contribution in [0.3, 0.4) is 0 Å². The Morgan fingerprint density at radius 3 is 2.51 bits per heavy atom. The van der Waals surface area contributed by atoms with Crippen LogP contribution in [0.15, 0.2) is 70.2 Å². The molecule has 0 atom stereocenters. The second kappa shape index (κ2) is 12.1. The summed E-state index contributed by atoms with van der Waals surface area (Å²) in [5.41, 5.74) is 5.92. The monoisotopic (exact) mass is 555 g/mol. The van der Waals surface area contributed by atoms with Crippen molar-refractivity contribution in [1.82, 2.24) is 5.43 Å². The lowest BCUT2D eigenvalue weighted by atomic mass is 10.2. The first-order chi connectivity index (χ1) is 17.0. The topological polar surface area (TPSA) is 63.2 Å². The Kier molecular flexibility index (Phi) is 8.66. The van der Waals surface area contributed by atoms with Crippen LogP contribution in [0.2, 0.25) is 5.02 Å². The van der Waals surface area contributed by atoms with Gasteiger partial charge in [-0.1, -0.05) is 29.8 Å². The summed E-state index contributed by atoms with van der Waals surface area (Å²) in [6.07, 6.45) is 4.00. The molecule has 0 aliphatic carbocycles. The van der Waals surface area contributed by atoms with Crippen molar-refractivity contribution in [2.24, 2.45) is 5.10 Å². The lowest BCUT2D eigenvalue weighted by Gasteiger charge is -2.17. The molecule has 0 aromatic heterocycles. The van der Waals surface area contributed by atoms with Gasteiger partial charge in [-0.25, -0.2) is 5.43 Å². The number of anilines is 1. The van der Waals surface area contributed by atoms with Crippen molar-refractivity contribution in [2.45, 2.75) is 26.4 Å². The van der Waals surface area contributed by atoms with Crippen LogP contribution < -0.4 is 19.8 Å². The van der Waals surface area contributed by atoms with E-state index in [-0.39, 0.29) is 5.91 Å². The number of hydrogen-bond donors (Lipinski definition) is 1. The fourth-order valence-electron chi connectivity index (χ4n) is 3.83. The maximum atomic E-state index is 12.5. The number of nitrogens with zero attached hydrogens (tertiary/aromatic N) is 2. The van der Waals surface area contributed by atoms with Gasteiger partial charge in [0.15, 0.2) is 11.5 Å². The van der Waals surface area contributed by atoms with Gasteiger partial charge in [-0.05, 0) is 78.2 Å². The minimum absolute atomic E-state index is 0.268. The molecule has 35 heavy (non-hydrogen) atoms. The summed E-state index contributed by atoms with van der Waals surface area (Å²) in [5, 5.41) is 4.78. The lowest BCUT2D eigenvalue weighted by molar-refractivity contribution is 0.0955. The Balaban J connectivity index is 1.41. The molecule has 6 nitrogen and oxygen atoms in total. The smallest absolute Gasteiger partial charge is 0.271 e. The van der Waals surface area contributed by atoms with E-state index in [0.29, 0.717) is 35.3 Å². The molecule has 1 amide bonds. The van der Waals surface area contributed by atoms with Gasteiger partial charge in [0.25, 0.3) is 5.91 Å². The molecule has 1 heterocycles. The molecule has 1 fully saturated rings. The number of hydrazone groups is 1. The highest BCUT2D eigenvalue weighted by Crippen LogP contribution is 2.34. The van der Waals surface area contributed by atoms with E-state index in [2.05, 4.69) is 31.4 Å². The van der Waals surface area contributed by atoms with Gasteiger partial charge in [0.2, 0.25) is 0 Å². The maximum absolute atomic E-state index is 12.5. The Hall–Kier alpha value is -3.03. The molecule has 0 radical (unpaired) electrons. The van der Waals surface area contributed by atoms with Crippen molar-refractivity contribution in [2.75, 3.05) is 24.6 Å². The molecule has 0 saturated carbocycles. The van der Waals surface area contributed by atoms with Crippen LogP contribution in [-0.4, -0.2) is 31.8 Å². The Labute approximate surface area is 219 Å². The highest BCUT2D eigenvalue weighted by atomic mass is 79.9. The molecule has 0 unspecified atom stereocenters. The van der Waals surface area contributed by atoms with E-state index < -0.39 is 0 Å². The van der Waals surface area contributed by atoms with Crippen molar-refractivity contribution >= 4 is 45.3 Å². The number of ether oxygens (including phenoxy) is 2. The molecule has 182 valence electrons. The van der Waals surface area contributed by atoms with Gasteiger partial charge in [-0.3, -0.25) is 4.79 Å². The predicted octanol–water partition coefficient (Wildman–Crippen LogP) is 6.44. The zero-order valence-electron chi connectivity index (χ0n) is 19.5. The summed E-state index contributed by atoms with van der Waals surface area (Å²) in [6.45, 7) is 4.83. The second-order valence-electron chi connectivity index (χ2n) is 8.07. The first kappa shape index (κ1) is 25.1. The quantitative estimate of drug-likeness (QED) is 0.243. The molecule has 1 N–H and O–H groups in total. The fraction of sp³-hybridized carbons (Fsp3) is 0.259. The van der Waals surface area contributed by atoms with Gasteiger partial charge in [-0.15, -0.1) is 0 Å². The molecule has 4 rings (SSSR count). The number of halogens is 2. The number of nitrogens with one attached hydrogen (secondary N) is 1. The minimum Gasteiger partial charge on any atom is -0.490 e. The molecule has 3 aromatic carbocycles. The van der Waals surface area contributed by atoms with Crippen molar-refractivity contribution < 1.29 is 14.3 Å². The summed E-state index contributed by atoms with van der Waals surface area (Å²) in [6, 6.07) is 18.8. The highest BCUT2D eigenvalue weighted by Gasteiger charge is 2.14. The summed E-state index contributed by atoms with van der Waals surface area (Å²) in [4.78, 5) is 14.8. The van der Waals surface area contributed by atoms with Crippen molar-refractivity contribution in [3.8, 4) is 11.5 Å². The Morgan fingerprint density at radius 1 is 1.09 bits per heavy atom. The van der Waals surface area contributed by atoms with Gasteiger partial charge in [0.1, 0.15) is 6.61 Å². The van der Waals surface area contributed by atoms with Gasteiger partial charge in [0, 0.05) is 45.0 Å². The van der Waals surface area contributed by atoms with E-state index in [0.717, 1.165) is 34.4 Å². The van der Waals surface area contributed by atoms with Crippen LogP contribution in [0.4, 0.5) is 5.69 Å². The number of carbonyl (C=O) groups excluding carboxylic acids is 1. The highest BCUT2D eigenvalue weighted by molar-refractivity contribution is 9.10. The van der Waals surface area contributed by atoms with E-state index in [4.69, 9.17) is 21.1 Å². The maximum Gasteiger partial charge on any atom is 0.271 e. The number of amides is 1. The summed E-state index contributed by atoms with van der Waals surface area (Å²) < 4.78 is 12.5. The van der Waals surface area contributed by atoms with Gasteiger partial charge < -0.3 is 14.4 Å². The molecular weight excluding hydrogens is 530 g/mol. The third kappa shape index (κ3) is 6.55. The van der Waals surface area contributed by atoms with Crippen LogP contribution in [-0.2, 0) is 6.61 Å². The van der Waals surface area contributed by atoms with Crippen LogP contribution in [0.5, 0.6) is 11.5 Å². The van der Waals surface area contributed by atoms with Crippen molar-refractivity contribution in [3.63, 3.8) is 0 Å². The molecule has 0 spiro atoms. The van der Waals surface area contributed by atoms with E-state index in [1.54, 1.807) is 6.21 Å². The zero-order valence-corrected chi connectivity index (χ0v) is 21.8. The Morgan fingerprint density at radius 2 is 1.80 bits per heavy atom. The van der Waals surface area contributed by atoms with Crippen LogP contribution in [0.1, 0.15) is 41.3 Å². The minimum atomic E-state index is -0.268. The Bertz CT molecular complexity index is 1190. The molecular formula is C27H27BrClN3O3. The molecule has 1 aliphatic rings. The van der Waals surface area contributed by atoms with Crippen molar-refractivity contribution in [3.05, 3.63) is 86.8 Å². The summed E-state index contributed by atoms with van der Waals surface area (Å²) >= 11 is 9.79. The molecule has 1 saturated heterocycles. The second-order valence-corrected chi connectivity index (χ2v) is 9.34. The number of rotatable bonds is 9. The molecule has 3 aromatic rings. The van der Waals surface area contributed by atoms with Crippen LogP contribution >= 0.6 is 27.5 Å². The number of benzene rings is 3. The SMILES string of the molecule is CCOc1cc(/C=N\NC(=O)c2ccc(N3CCCC3)cc2)c(Br)cc1OCc1ccccc1Cl. The van der Waals surface area contributed by atoms with Gasteiger partial charge in [-0.2, -0.15) is 5.10 Å². The normalized spacial score (nSPS) is 13.3.